The molecule has 2 fully saturated rings. The van der Waals surface area contributed by atoms with E-state index in [0.29, 0.717) is 17.6 Å². The average Bonchev–Trinajstić information content (AvgIpc) is 3.05. The minimum Gasteiger partial charge on any atom is -0.377 e. The van der Waals surface area contributed by atoms with Crippen molar-refractivity contribution in [3.05, 3.63) is 17.0 Å². The van der Waals surface area contributed by atoms with Gasteiger partial charge in [0.2, 0.25) is 0 Å². The monoisotopic (exact) mass is 305 g/mol. The molecule has 0 aliphatic carbocycles. The van der Waals surface area contributed by atoms with Gasteiger partial charge in [-0.2, -0.15) is 5.10 Å². The van der Waals surface area contributed by atoms with Crippen molar-refractivity contribution in [2.45, 2.75) is 72.1 Å². The highest BCUT2D eigenvalue weighted by Gasteiger charge is 2.50. The summed E-state index contributed by atoms with van der Waals surface area (Å²) in [6, 6.07) is 0.560. The Morgan fingerprint density at radius 2 is 2.05 bits per heavy atom. The second-order valence-corrected chi connectivity index (χ2v) is 7.59. The van der Waals surface area contributed by atoms with Crippen LogP contribution in [0.5, 0.6) is 0 Å². The summed E-state index contributed by atoms with van der Waals surface area (Å²) in [5.41, 5.74) is 4.50. The second-order valence-electron chi connectivity index (χ2n) is 7.59. The molecule has 0 amide bonds. The minimum atomic E-state index is 0.371. The summed E-state index contributed by atoms with van der Waals surface area (Å²) < 4.78 is 8.10. The van der Waals surface area contributed by atoms with Crippen molar-refractivity contribution in [1.82, 2.24) is 14.7 Å². The van der Waals surface area contributed by atoms with Crippen molar-refractivity contribution in [2.24, 2.45) is 12.5 Å². The smallest absolute Gasteiger partial charge is 0.0736 e. The molecule has 0 N–H and O–H groups in total. The number of hydrogen-bond acceptors (Lipinski definition) is 3. The Morgan fingerprint density at radius 1 is 1.27 bits per heavy atom. The highest BCUT2D eigenvalue weighted by atomic mass is 16.5. The lowest BCUT2D eigenvalue weighted by Gasteiger charge is -2.56. The van der Waals surface area contributed by atoms with Crippen molar-refractivity contribution in [3.8, 4) is 0 Å². The van der Waals surface area contributed by atoms with Crippen LogP contribution < -0.4 is 0 Å². The van der Waals surface area contributed by atoms with Gasteiger partial charge in [-0.05, 0) is 31.1 Å². The van der Waals surface area contributed by atoms with E-state index in [1.54, 1.807) is 0 Å². The Morgan fingerprint density at radius 3 is 2.59 bits per heavy atom. The molecule has 22 heavy (non-hydrogen) atoms. The van der Waals surface area contributed by atoms with Crippen LogP contribution in [0.15, 0.2) is 0 Å². The first-order chi connectivity index (χ1) is 10.5. The number of hydrogen-bond donors (Lipinski definition) is 0. The summed E-state index contributed by atoms with van der Waals surface area (Å²) >= 11 is 0. The SMILES string of the molecule is CCc1nn(C)c(CC)c1CN1CC(C)(C)[C@@H]1[C@@H]1CCCO1. The van der Waals surface area contributed by atoms with E-state index in [4.69, 9.17) is 9.84 Å². The summed E-state index contributed by atoms with van der Waals surface area (Å²) in [5, 5.41) is 4.73. The fraction of sp³-hybridized carbons (Fsp3) is 0.833. The summed E-state index contributed by atoms with van der Waals surface area (Å²) in [4.78, 5) is 2.63. The van der Waals surface area contributed by atoms with Gasteiger partial charge in [0, 0.05) is 44.0 Å². The van der Waals surface area contributed by atoms with Gasteiger partial charge in [-0.25, -0.2) is 0 Å². The Kier molecular flexibility index (Phi) is 4.34. The minimum absolute atomic E-state index is 0.371. The van der Waals surface area contributed by atoms with Crippen LogP contribution in [0.2, 0.25) is 0 Å². The van der Waals surface area contributed by atoms with Crippen molar-refractivity contribution >= 4 is 0 Å². The fourth-order valence-electron chi connectivity index (χ4n) is 4.62. The van der Waals surface area contributed by atoms with Crippen LogP contribution >= 0.6 is 0 Å². The lowest BCUT2D eigenvalue weighted by Crippen LogP contribution is -2.65. The second kappa shape index (κ2) is 5.97. The number of aromatic nitrogens is 2. The van der Waals surface area contributed by atoms with Gasteiger partial charge in [-0.3, -0.25) is 9.58 Å². The van der Waals surface area contributed by atoms with Gasteiger partial charge in [0.1, 0.15) is 0 Å². The summed E-state index contributed by atoms with van der Waals surface area (Å²) in [6.45, 7) is 12.4. The maximum absolute atomic E-state index is 6.02. The molecule has 0 unspecified atom stereocenters. The molecule has 2 aliphatic rings. The van der Waals surface area contributed by atoms with E-state index in [1.165, 1.54) is 36.3 Å². The van der Waals surface area contributed by atoms with Gasteiger partial charge in [0.25, 0.3) is 0 Å². The predicted octanol–water partition coefficient (Wildman–Crippen LogP) is 2.93. The molecule has 2 aliphatic heterocycles. The van der Waals surface area contributed by atoms with Gasteiger partial charge in [0.15, 0.2) is 0 Å². The molecule has 2 atom stereocenters. The topological polar surface area (TPSA) is 30.3 Å². The van der Waals surface area contributed by atoms with E-state index in [2.05, 4.69) is 44.3 Å². The first-order valence-corrected chi connectivity index (χ1v) is 8.87. The van der Waals surface area contributed by atoms with Crippen LogP contribution in [0.3, 0.4) is 0 Å². The van der Waals surface area contributed by atoms with Crippen LogP contribution in [0.25, 0.3) is 0 Å². The van der Waals surface area contributed by atoms with Crippen LogP contribution in [0, 0.1) is 5.41 Å². The Labute approximate surface area is 134 Å². The largest absolute Gasteiger partial charge is 0.377 e. The van der Waals surface area contributed by atoms with Crippen LogP contribution in [-0.4, -0.2) is 40.0 Å². The van der Waals surface area contributed by atoms with Crippen LogP contribution in [0.1, 0.15) is 57.5 Å². The molecular weight excluding hydrogens is 274 g/mol. The molecule has 2 saturated heterocycles. The molecule has 4 nitrogen and oxygen atoms in total. The molecule has 3 heterocycles. The predicted molar refractivity (Wildman–Crippen MR) is 88.9 cm³/mol. The van der Waals surface area contributed by atoms with Crippen molar-refractivity contribution in [2.75, 3.05) is 13.2 Å². The molecule has 0 bridgehead atoms. The van der Waals surface area contributed by atoms with Crippen LogP contribution in [-0.2, 0) is 31.2 Å². The van der Waals surface area contributed by atoms with Gasteiger partial charge in [0.05, 0.1) is 11.8 Å². The molecule has 0 radical (unpaired) electrons. The average molecular weight is 305 g/mol. The highest BCUT2D eigenvalue weighted by Crippen LogP contribution is 2.43. The van der Waals surface area contributed by atoms with Gasteiger partial charge >= 0.3 is 0 Å². The Bertz CT molecular complexity index is 529. The van der Waals surface area contributed by atoms with Gasteiger partial charge in [-0.1, -0.05) is 27.7 Å². The summed E-state index contributed by atoms with van der Waals surface area (Å²) in [7, 11) is 2.08. The molecular formula is C18H31N3O. The molecule has 4 heteroatoms. The summed E-state index contributed by atoms with van der Waals surface area (Å²) in [6.07, 6.45) is 4.94. The number of aryl methyl sites for hydroxylation is 2. The molecule has 0 saturated carbocycles. The highest BCUT2D eigenvalue weighted by molar-refractivity contribution is 5.27. The quantitative estimate of drug-likeness (QED) is 0.838. The molecule has 1 aromatic heterocycles. The van der Waals surface area contributed by atoms with Crippen molar-refractivity contribution in [3.63, 3.8) is 0 Å². The van der Waals surface area contributed by atoms with E-state index >= 15 is 0 Å². The zero-order chi connectivity index (χ0) is 15.9. The standard InChI is InChI=1S/C18H31N3O/c1-6-14-13(15(7-2)20(5)19-14)11-21-12-18(3,4)17(21)16-9-8-10-22-16/h16-17H,6-12H2,1-5H3/t16-,17-/m0/s1. The van der Waals surface area contributed by atoms with E-state index in [-0.39, 0.29) is 0 Å². The normalized spacial score (nSPS) is 28.0. The van der Waals surface area contributed by atoms with Crippen molar-refractivity contribution in [1.29, 1.82) is 0 Å². The molecule has 124 valence electrons. The summed E-state index contributed by atoms with van der Waals surface area (Å²) in [5.74, 6) is 0. The lowest BCUT2D eigenvalue weighted by molar-refractivity contribution is -0.122. The number of ether oxygens (including phenoxy) is 1. The first kappa shape index (κ1) is 16.0. The van der Waals surface area contributed by atoms with E-state index in [0.717, 1.165) is 26.0 Å². The molecule has 0 aromatic carbocycles. The Balaban J connectivity index is 1.81. The van der Waals surface area contributed by atoms with E-state index in [9.17, 15) is 0 Å². The van der Waals surface area contributed by atoms with E-state index in [1.807, 2.05) is 0 Å². The van der Waals surface area contributed by atoms with Crippen molar-refractivity contribution < 1.29 is 4.74 Å². The van der Waals surface area contributed by atoms with Gasteiger partial charge in [-0.15, -0.1) is 0 Å². The third kappa shape index (κ3) is 2.61. The van der Waals surface area contributed by atoms with E-state index < -0.39 is 0 Å². The Hall–Kier alpha value is -0.870. The third-order valence-electron chi connectivity index (χ3n) is 5.51. The zero-order valence-electron chi connectivity index (χ0n) is 14.9. The zero-order valence-corrected chi connectivity index (χ0v) is 14.9. The molecule has 3 rings (SSSR count). The van der Waals surface area contributed by atoms with Crippen LogP contribution in [0.4, 0.5) is 0 Å². The maximum atomic E-state index is 6.02. The van der Waals surface area contributed by atoms with Gasteiger partial charge < -0.3 is 4.74 Å². The number of nitrogens with zero attached hydrogens (tertiary/aromatic N) is 3. The molecule has 0 spiro atoms. The molecule has 1 aromatic rings. The lowest BCUT2D eigenvalue weighted by atomic mass is 9.71. The first-order valence-electron chi connectivity index (χ1n) is 8.87. The fourth-order valence-corrected chi connectivity index (χ4v) is 4.62. The maximum Gasteiger partial charge on any atom is 0.0736 e. The number of likely N-dealkylation sites (tertiary alicyclic amines) is 1. The third-order valence-corrected chi connectivity index (χ3v) is 5.51. The number of rotatable bonds is 5.